The average Bonchev–Trinajstić information content (AvgIpc) is 3.18. The summed E-state index contributed by atoms with van der Waals surface area (Å²) in [7, 11) is 1.57. The number of carbonyl (C=O) groups is 1. The summed E-state index contributed by atoms with van der Waals surface area (Å²) in [6.07, 6.45) is -0.329. The topological polar surface area (TPSA) is 63.3 Å². The number of ether oxygens (including phenoxy) is 2. The van der Waals surface area contributed by atoms with Gasteiger partial charge in [-0.05, 0) is 73.2 Å². The first kappa shape index (κ1) is 23.5. The number of benzene rings is 2. The number of halogens is 3. The van der Waals surface area contributed by atoms with Crippen LogP contribution in [0.1, 0.15) is 48.6 Å². The minimum Gasteiger partial charge on any atom is -0.493 e. The van der Waals surface area contributed by atoms with E-state index in [4.69, 9.17) is 9.47 Å². The standard InChI is InChI=1S/C24H27F3N2O3/c1-4-15-10-22(31-3)23(32-5-2)12-19(15)21(29-14-30)8-6-16-13-28-20-9-7-17(11-18(16)20)24(25,26)27/h7,9-14,21,28H,4-6,8H2,1-3H3,(H,29,30). The zero-order chi connectivity index (χ0) is 23.3. The molecule has 1 amide bonds. The molecule has 1 heterocycles. The first-order valence-corrected chi connectivity index (χ1v) is 10.5. The number of aromatic nitrogens is 1. The number of nitrogens with one attached hydrogen (secondary N) is 2. The molecule has 0 aliphatic heterocycles. The molecule has 0 aliphatic rings. The zero-order valence-electron chi connectivity index (χ0n) is 18.3. The molecule has 0 saturated heterocycles. The van der Waals surface area contributed by atoms with E-state index >= 15 is 0 Å². The van der Waals surface area contributed by atoms with Crippen molar-refractivity contribution in [1.29, 1.82) is 0 Å². The molecule has 5 nitrogen and oxygen atoms in total. The van der Waals surface area contributed by atoms with Crippen molar-refractivity contribution < 1.29 is 27.4 Å². The highest BCUT2D eigenvalue weighted by Crippen LogP contribution is 2.36. The number of aromatic amines is 1. The van der Waals surface area contributed by atoms with Gasteiger partial charge in [-0.25, -0.2) is 0 Å². The van der Waals surface area contributed by atoms with E-state index < -0.39 is 11.7 Å². The van der Waals surface area contributed by atoms with Crippen LogP contribution in [-0.4, -0.2) is 25.1 Å². The molecule has 1 atom stereocenters. The molecule has 1 unspecified atom stereocenters. The summed E-state index contributed by atoms with van der Waals surface area (Å²) in [5.74, 6) is 1.20. The number of alkyl halides is 3. The predicted molar refractivity (Wildman–Crippen MR) is 117 cm³/mol. The summed E-state index contributed by atoms with van der Waals surface area (Å²) in [5.41, 5.74) is 2.63. The predicted octanol–water partition coefficient (Wildman–Crippen LogP) is 5.58. The maximum Gasteiger partial charge on any atom is 0.416 e. The van der Waals surface area contributed by atoms with Crippen LogP contribution in [0.25, 0.3) is 10.9 Å². The summed E-state index contributed by atoms with van der Waals surface area (Å²) < 4.78 is 50.6. The maximum atomic E-state index is 13.2. The van der Waals surface area contributed by atoms with Crippen LogP contribution in [0.15, 0.2) is 36.5 Å². The second kappa shape index (κ2) is 9.97. The SMILES string of the molecule is CCOc1cc(C(CCc2c[nH]c3ccc(C(F)(F)F)cc23)NC=O)c(CC)cc1OC. The van der Waals surface area contributed by atoms with Crippen molar-refractivity contribution in [2.24, 2.45) is 0 Å². The molecule has 2 N–H and O–H groups in total. The summed E-state index contributed by atoms with van der Waals surface area (Å²) in [5, 5.41) is 3.39. The van der Waals surface area contributed by atoms with E-state index in [0.717, 1.165) is 29.2 Å². The Labute approximate surface area is 184 Å². The van der Waals surface area contributed by atoms with Crippen molar-refractivity contribution in [1.82, 2.24) is 10.3 Å². The lowest BCUT2D eigenvalue weighted by Gasteiger charge is -2.22. The largest absolute Gasteiger partial charge is 0.493 e. The van der Waals surface area contributed by atoms with Crippen LogP contribution in [0, 0.1) is 0 Å². The van der Waals surface area contributed by atoms with Gasteiger partial charge in [0.15, 0.2) is 11.5 Å². The number of amides is 1. The Kier molecular flexibility index (Phi) is 7.33. The Morgan fingerprint density at radius 1 is 1.12 bits per heavy atom. The molecule has 0 bridgehead atoms. The number of carbonyl (C=O) groups excluding carboxylic acids is 1. The number of aryl methyl sites for hydroxylation is 2. The minimum absolute atomic E-state index is 0.330. The first-order chi connectivity index (χ1) is 15.3. The van der Waals surface area contributed by atoms with Crippen LogP contribution < -0.4 is 14.8 Å². The van der Waals surface area contributed by atoms with Crippen LogP contribution in [0.2, 0.25) is 0 Å². The summed E-state index contributed by atoms with van der Waals surface area (Å²) >= 11 is 0. The Morgan fingerprint density at radius 2 is 1.91 bits per heavy atom. The van der Waals surface area contributed by atoms with E-state index in [9.17, 15) is 18.0 Å². The Balaban J connectivity index is 1.93. The molecule has 0 aliphatic carbocycles. The number of fused-ring (bicyclic) bond motifs is 1. The van der Waals surface area contributed by atoms with Crippen molar-refractivity contribution in [3.05, 3.63) is 58.8 Å². The Bertz CT molecular complexity index is 1080. The molecule has 1 aromatic heterocycles. The molecular weight excluding hydrogens is 421 g/mol. The van der Waals surface area contributed by atoms with Crippen molar-refractivity contribution in [2.45, 2.75) is 45.3 Å². The summed E-state index contributed by atoms with van der Waals surface area (Å²) in [6.45, 7) is 4.35. The van der Waals surface area contributed by atoms with Crippen molar-refractivity contribution in [3.63, 3.8) is 0 Å². The zero-order valence-corrected chi connectivity index (χ0v) is 18.3. The van der Waals surface area contributed by atoms with Gasteiger partial charge in [0, 0.05) is 17.1 Å². The molecule has 0 saturated carbocycles. The lowest BCUT2D eigenvalue weighted by Crippen LogP contribution is -2.21. The molecule has 0 radical (unpaired) electrons. The van der Waals surface area contributed by atoms with E-state index in [1.165, 1.54) is 12.1 Å². The summed E-state index contributed by atoms with van der Waals surface area (Å²) in [6, 6.07) is 7.13. The van der Waals surface area contributed by atoms with Gasteiger partial charge in [0.05, 0.1) is 25.3 Å². The third kappa shape index (κ3) is 5.00. The van der Waals surface area contributed by atoms with Crippen molar-refractivity contribution in [3.8, 4) is 11.5 Å². The van der Waals surface area contributed by atoms with Crippen molar-refractivity contribution in [2.75, 3.05) is 13.7 Å². The average molecular weight is 448 g/mol. The molecule has 0 fully saturated rings. The number of methoxy groups -OCH3 is 1. The highest BCUT2D eigenvalue weighted by atomic mass is 19.4. The number of hydrogen-bond donors (Lipinski definition) is 2. The highest BCUT2D eigenvalue weighted by molar-refractivity contribution is 5.84. The third-order valence-corrected chi connectivity index (χ3v) is 5.55. The van der Waals surface area contributed by atoms with Crippen LogP contribution >= 0.6 is 0 Å². The number of rotatable bonds is 10. The highest BCUT2D eigenvalue weighted by Gasteiger charge is 2.30. The molecule has 8 heteroatoms. The van der Waals surface area contributed by atoms with E-state index in [2.05, 4.69) is 10.3 Å². The fourth-order valence-corrected chi connectivity index (χ4v) is 3.95. The van der Waals surface area contributed by atoms with Gasteiger partial charge < -0.3 is 19.8 Å². The van der Waals surface area contributed by atoms with Gasteiger partial charge in [-0.1, -0.05) is 6.92 Å². The maximum absolute atomic E-state index is 13.2. The fourth-order valence-electron chi connectivity index (χ4n) is 3.95. The Morgan fingerprint density at radius 3 is 2.53 bits per heavy atom. The monoisotopic (exact) mass is 448 g/mol. The molecular formula is C24H27F3N2O3. The van der Waals surface area contributed by atoms with Gasteiger partial charge in [-0.2, -0.15) is 13.2 Å². The quantitative estimate of drug-likeness (QED) is 0.398. The van der Waals surface area contributed by atoms with Gasteiger partial charge in [0.25, 0.3) is 0 Å². The Hall–Kier alpha value is -3.16. The number of hydrogen-bond acceptors (Lipinski definition) is 3. The second-order valence-corrected chi connectivity index (χ2v) is 7.44. The van der Waals surface area contributed by atoms with Gasteiger partial charge in [-0.3, -0.25) is 4.79 Å². The van der Waals surface area contributed by atoms with E-state index in [0.29, 0.717) is 48.3 Å². The molecule has 0 spiro atoms. The van der Waals surface area contributed by atoms with Gasteiger partial charge in [0.1, 0.15) is 0 Å². The molecule has 32 heavy (non-hydrogen) atoms. The summed E-state index contributed by atoms with van der Waals surface area (Å²) in [4.78, 5) is 14.4. The van der Waals surface area contributed by atoms with E-state index in [1.54, 1.807) is 13.3 Å². The van der Waals surface area contributed by atoms with Crippen LogP contribution in [-0.2, 0) is 23.8 Å². The molecule has 2 aromatic carbocycles. The van der Waals surface area contributed by atoms with Crippen LogP contribution in [0.5, 0.6) is 11.5 Å². The first-order valence-electron chi connectivity index (χ1n) is 10.5. The smallest absolute Gasteiger partial charge is 0.416 e. The molecule has 172 valence electrons. The number of H-pyrrole nitrogens is 1. The van der Waals surface area contributed by atoms with Crippen LogP contribution in [0.3, 0.4) is 0 Å². The molecule has 3 aromatic rings. The minimum atomic E-state index is -4.40. The van der Waals surface area contributed by atoms with Crippen LogP contribution in [0.4, 0.5) is 13.2 Å². The normalized spacial score (nSPS) is 12.6. The lowest BCUT2D eigenvalue weighted by molar-refractivity contribution is -0.137. The van der Waals surface area contributed by atoms with E-state index in [-0.39, 0.29) is 6.04 Å². The molecule has 3 rings (SSSR count). The van der Waals surface area contributed by atoms with Gasteiger partial charge in [-0.15, -0.1) is 0 Å². The lowest BCUT2D eigenvalue weighted by atomic mass is 9.93. The van der Waals surface area contributed by atoms with Gasteiger partial charge >= 0.3 is 6.18 Å². The fraction of sp³-hybridized carbons (Fsp3) is 0.375. The third-order valence-electron chi connectivity index (χ3n) is 5.55. The van der Waals surface area contributed by atoms with Gasteiger partial charge in [0.2, 0.25) is 6.41 Å². The van der Waals surface area contributed by atoms with E-state index in [1.807, 2.05) is 26.0 Å². The van der Waals surface area contributed by atoms with Crippen molar-refractivity contribution >= 4 is 17.3 Å². The second-order valence-electron chi connectivity index (χ2n) is 7.44.